The molecule has 2 amide bonds. The van der Waals surface area contributed by atoms with Gasteiger partial charge >= 0.3 is 0 Å². The van der Waals surface area contributed by atoms with Gasteiger partial charge in [-0.25, -0.2) is 8.42 Å². The van der Waals surface area contributed by atoms with E-state index in [-0.39, 0.29) is 41.4 Å². The highest BCUT2D eigenvalue weighted by molar-refractivity contribution is 7.93. The molecule has 0 unspecified atom stereocenters. The molecule has 1 heterocycles. The summed E-state index contributed by atoms with van der Waals surface area (Å²) >= 11 is 0. The average molecular weight is 448 g/mol. The van der Waals surface area contributed by atoms with Crippen LogP contribution in [0.25, 0.3) is 0 Å². The normalized spacial score (nSPS) is 15.5. The lowest BCUT2D eigenvalue weighted by Gasteiger charge is -2.35. The van der Waals surface area contributed by atoms with Gasteiger partial charge in [0.2, 0.25) is 5.91 Å². The third-order valence-corrected chi connectivity index (χ3v) is 6.38. The Morgan fingerprint density at radius 2 is 1.94 bits per heavy atom. The second-order valence-electron chi connectivity index (χ2n) is 7.12. The highest BCUT2D eigenvalue weighted by atomic mass is 32.2. The van der Waals surface area contributed by atoms with E-state index in [0.717, 1.165) is 4.31 Å². The minimum Gasteiger partial charge on any atom is -0.492 e. The third-order valence-electron chi connectivity index (χ3n) is 4.58. The Bertz CT molecular complexity index is 1100. The first-order valence-corrected chi connectivity index (χ1v) is 11.1. The second kappa shape index (κ2) is 8.84. The fraction of sp³-hybridized carbons (Fsp3) is 0.333. The van der Waals surface area contributed by atoms with Gasteiger partial charge < -0.3 is 19.7 Å². The summed E-state index contributed by atoms with van der Waals surface area (Å²) in [6, 6.07) is 11.0. The van der Waals surface area contributed by atoms with E-state index in [9.17, 15) is 18.0 Å². The Morgan fingerprint density at radius 1 is 1.23 bits per heavy atom. The number of ether oxygens (including phenoxy) is 2. The number of sulfonamides is 1. The summed E-state index contributed by atoms with van der Waals surface area (Å²) in [4.78, 5) is 25.3. The van der Waals surface area contributed by atoms with Gasteiger partial charge in [-0.1, -0.05) is 12.1 Å². The van der Waals surface area contributed by atoms with Crippen LogP contribution in [0.15, 0.2) is 47.4 Å². The summed E-state index contributed by atoms with van der Waals surface area (Å²) < 4.78 is 40.0. The van der Waals surface area contributed by atoms with Gasteiger partial charge in [0, 0.05) is 26.7 Å². The maximum absolute atomic E-state index is 13.8. The van der Waals surface area contributed by atoms with E-state index in [1.54, 1.807) is 51.4 Å². The van der Waals surface area contributed by atoms with Crippen molar-refractivity contribution >= 4 is 33.2 Å². The van der Waals surface area contributed by atoms with Crippen LogP contribution in [0.4, 0.5) is 11.4 Å². The molecule has 2 aromatic rings. The van der Waals surface area contributed by atoms with E-state index in [4.69, 9.17) is 9.47 Å². The van der Waals surface area contributed by atoms with Crippen LogP contribution in [0.2, 0.25) is 0 Å². The van der Waals surface area contributed by atoms with E-state index in [2.05, 4.69) is 5.32 Å². The molecule has 0 saturated carbocycles. The number of fused-ring (bicyclic) bond motifs is 1. The zero-order chi connectivity index (χ0) is 22.8. The Labute approximate surface area is 181 Å². The van der Waals surface area contributed by atoms with Crippen LogP contribution in [0.3, 0.4) is 0 Å². The first-order chi connectivity index (χ1) is 14.6. The van der Waals surface area contributed by atoms with Crippen molar-refractivity contribution in [1.29, 1.82) is 0 Å². The Balaban J connectivity index is 2.13. The van der Waals surface area contributed by atoms with E-state index >= 15 is 0 Å². The van der Waals surface area contributed by atoms with E-state index in [0.29, 0.717) is 11.4 Å². The summed E-state index contributed by atoms with van der Waals surface area (Å²) in [5.41, 5.74) is 0.634. The van der Waals surface area contributed by atoms with Crippen molar-refractivity contribution in [2.75, 3.05) is 36.9 Å². The van der Waals surface area contributed by atoms with Gasteiger partial charge in [0.25, 0.3) is 15.9 Å². The van der Waals surface area contributed by atoms with E-state index < -0.39 is 16.1 Å². The van der Waals surface area contributed by atoms with Crippen molar-refractivity contribution in [3.63, 3.8) is 0 Å². The van der Waals surface area contributed by atoms with Crippen molar-refractivity contribution in [1.82, 2.24) is 4.90 Å². The summed E-state index contributed by atoms with van der Waals surface area (Å²) in [6.07, 6.45) is -1.01. The summed E-state index contributed by atoms with van der Waals surface area (Å²) in [7, 11) is -1.02. The molecule has 0 saturated heterocycles. The highest BCUT2D eigenvalue weighted by Gasteiger charge is 2.39. The van der Waals surface area contributed by atoms with Gasteiger partial charge in [-0.2, -0.15) is 0 Å². The molecule has 9 nitrogen and oxygen atoms in total. The van der Waals surface area contributed by atoms with Gasteiger partial charge in [-0.15, -0.1) is 0 Å². The summed E-state index contributed by atoms with van der Waals surface area (Å²) in [5.74, 6) is -0.253. The number of nitrogens with zero attached hydrogens (tertiary/aromatic N) is 2. The van der Waals surface area contributed by atoms with Gasteiger partial charge in [0.15, 0.2) is 6.10 Å². The summed E-state index contributed by atoms with van der Waals surface area (Å²) in [6.45, 7) is 3.13. The Morgan fingerprint density at radius 3 is 2.58 bits per heavy atom. The molecule has 0 bridgehead atoms. The first-order valence-electron chi connectivity index (χ1n) is 9.69. The predicted octanol–water partition coefficient (Wildman–Crippen LogP) is 2.09. The van der Waals surface area contributed by atoms with Crippen LogP contribution in [-0.4, -0.2) is 58.5 Å². The molecule has 1 aliphatic rings. The van der Waals surface area contributed by atoms with Crippen molar-refractivity contribution < 1.29 is 27.5 Å². The lowest BCUT2D eigenvalue weighted by Crippen LogP contribution is -2.50. The number of rotatable bonds is 6. The molecule has 1 N–H and O–H groups in total. The quantitative estimate of drug-likeness (QED) is 0.727. The number of hydrogen-bond acceptors (Lipinski definition) is 6. The first kappa shape index (κ1) is 22.4. The number of carbonyl (C=O) groups excluding carboxylic acids is 2. The second-order valence-corrected chi connectivity index (χ2v) is 8.95. The van der Waals surface area contributed by atoms with Crippen molar-refractivity contribution in [3.05, 3.63) is 42.5 Å². The highest BCUT2D eigenvalue weighted by Crippen LogP contribution is 2.39. The molecule has 1 aliphatic heterocycles. The molecule has 31 heavy (non-hydrogen) atoms. The number of hydrogen-bond donors (Lipinski definition) is 1. The summed E-state index contributed by atoms with van der Waals surface area (Å²) in [5, 5.41) is 2.59. The maximum atomic E-state index is 13.8. The number of benzene rings is 2. The zero-order valence-corrected chi connectivity index (χ0v) is 18.6. The van der Waals surface area contributed by atoms with Crippen LogP contribution in [0, 0.1) is 0 Å². The van der Waals surface area contributed by atoms with E-state index in [1.807, 2.05) is 0 Å². The molecule has 1 atom stereocenters. The van der Waals surface area contributed by atoms with Crippen LogP contribution < -0.4 is 19.1 Å². The number of carbonyl (C=O) groups is 2. The molecule has 10 heteroatoms. The topological polar surface area (TPSA) is 105 Å². The number of anilines is 2. The van der Waals surface area contributed by atoms with Crippen molar-refractivity contribution in [2.45, 2.75) is 24.8 Å². The Kier molecular flexibility index (Phi) is 6.40. The lowest BCUT2D eigenvalue weighted by atomic mass is 10.2. The lowest BCUT2D eigenvalue weighted by molar-refractivity contribution is -0.135. The van der Waals surface area contributed by atoms with Crippen molar-refractivity contribution in [2.24, 2.45) is 0 Å². The van der Waals surface area contributed by atoms with Gasteiger partial charge in [-0.05, 0) is 37.3 Å². The molecule has 0 spiro atoms. The van der Waals surface area contributed by atoms with E-state index in [1.165, 1.54) is 24.0 Å². The van der Waals surface area contributed by atoms with Crippen molar-refractivity contribution in [3.8, 4) is 11.5 Å². The molecule has 0 radical (unpaired) electrons. The van der Waals surface area contributed by atoms with Gasteiger partial charge in [-0.3, -0.25) is 13.9 Å². The fourth-order valence-corrected chi connectivity index (χ4v) is 4.87. The fourth-order valence-electron chi connectivity index (χ4n) is 3.23. The van der Waals surface area contributed by atoms with Crippen LogP contribution >= 0.6 is 0 Å². The molecule has 0 aromatic heterocycles. The average Bonchev–Trinajstić information content (AvgIpc) is 2.73. The maximum Gasteiger partial charge on any atom is 0.268 e. The van der Waals surface area contributed by atoms with Crippen LogP contribution in [0.5, 0.6) is 11.5 Å². The smallest absolute Gasteiger partial charge is 0.268 e. The molecular weight excluding hydrogens is 422 g/mol. The minimum absolute atomic E-state index is 0.117. The van der Waals surface area contributed by atoms with Gasteiger partial charge in [0.05, 0.1) is 18.8 Å². The minimum atomic E-state index is -4.17. The number of para-hydroxylation sites is 2. The molecule has 2 aromatic carbocycles. The number of likely N-dealkylation sites (N-methyl/N-ethyl adjacent to an activating group) is 1. The number of nitrogens with one attached hydrogen (secondary N) is 1. The largest absolute Gasteiger partial charge is 0.492 e. The van der Waals surface area contributed by atoms with Crippen LogP contribution in [0.1, 0.15) is 13.8 Å². The predicted molar refractivity (Wildman–Crippen MR) is 116 cm³/mol. The number of amides is 2. The molecule has 0 aliphatic carbocycles. The standard InChI is InChI=1S/C21H25N3O6S/c1-5-29-18-11-10-15(22-14(2)25)12-20(18)31(27,28)24-13-19(21(26)23(3)4)30-17-9-7-6-8-16(17)24/h6-12,19H,5,13H2,1-4H3,(H,22,25)/t19-/m1/s1. The SMILES string of the molecule is CCOc1ccc(NC(C)=O)cc1S(=O)(=O)N1C[C@H](C(=O)N(C)C)Oc2ccccc21. The molecular formula is C21H25N3O6S. The third kappa shape index (κ3) is 4.58. The monoisotopic (exact) mass is 447 g/mol. The molecule has 166 valence electrons. The molecule has 3 rings (SSSR count). The Hall–Kier alpha value is -3.27. The zero-order valence-electron chi connectivity index (χ0n) is 17.8. The van der Waals surface area contributed by atoms with Gasteiger partial charge in [0.1, 0.15) is 16.4 Å². The van der Waals surface area contributed by atoms with Crippen LogP contribution in [-0.2, 0) is 19.6 Å². The molecule has 0 fully saturated rings.